The highest BCUT2D eigenvalue weighted by Gasteiger charge is 2.34. The fourth-order valence-corrected chi connectivity index (χ4v) is 3.26. The number of anilines is 1. The second-order valence-corrected chi connectivity index (χ2v) is 8.44. The van der Waals surface area contributed by atoms with E-state index in [4.69, 9.17) is 5.73 Å². The van der Waals surface area contributed by atoms with Gasteiger partial charge in [0.2, 0.25) is 5.91 Å². The maximum atomic E-state index is 12.5. The van der Waals surface area contributed by atoms with Gasteiger partial charge in [-0.05, 0) is 28.9 Å². The predicted octanol–water partition coefficient (Wildman–Crippen LogP) is 3.40. The number of hydrogen-bond acceptors (Lipinski definition) is 3. The maximum absolute atomic E-state index is 12.5. The molecule has 5 heteroatoms. The summed E-state index contributed by atoms with van der Waals surface area (Å²) in [7, 11) is 0. The van der Waals surface area contributed by atoms with E-state index < -0.39 is 0 Å². The Bertz CT molecular complexity index is 566. The number of hydrogen-bond donors (Lipinski definition) is 2. The number of nitrogens with zero attached hydrogens (tertiary/aromatic N) is 1. The van der Waals surface area contributed by atoms with Crippen LogP contribution in [0, 0.1) is 5.41 Å². The van der Waals surface area contributed by atoms with Gasteiger partial charge in [0.25, 0.3) is 0 Å². The molecule has 136 valence electrons. The monoisotopic (exact) mass is 353 g/mol. The molecule has 1 unspecified atom stereocenters. The van der Waals surface area contributed by atoms with Crippen LogP contribution in [0.15, 0.2) is 24.3 Å². The van der Waals surface area contributed by atoms with Gasteiger partial charge in [0.1, 0.15) is 0 Å². The van der Waals surface area contributed by atoms with Crippen molar-refractivity contribution in [3.8, 4) is 0 Å². The van der Waals surface area contributed by atoms with Gasteiger partial charge in [0, 0.05) is 24.8 Å². The fourth-order valence-electron chi connectivity index (χ4n) is 3.26. The number of nitrogens with two attached hydrogens (primary N) is 1. The maximum Gasteiger partial charge on any atom is 0.238 e. The zero-order valence-electron chi connectivity index (χ0n) is 15.6. The van der Waals surface area contributed by atoms with Gasteiger partial charge in [0.15, 0.2) is 0 Å². The Balaban J connectivity index is 0.00000288. The van der Waals surface area contributed by atoms with Gasteiger partial charge < -0.3 is 11.1 Å². The van der Waals surface area contributed by atoms with E-state index in [1.54, 1.807) is 0 Å². The highest BCUT2D eigenvalue weighted by atomic mass is 35.5. The molecule has 1 aromatic rings. The summed E-state index contributed by atoms with van der Waals surface area (Å²) in [5.41, 5.74) is 8.31. The van der Waals surface area contributed by atoms with Crippen molar-refractivity contribution >= 4 is 24.0 Å². The van der Waals surface area contributed by atoms with Gasteiger partial charge in [0.05, 0.1) is 6.54 Å². The summed E-state index contributed by atoms with van der Waals surface area (Å²) < 4.78 is 0. The summed E-state index contributed by atoms with van der Waals surface area (Å²) in [4.78, 5) is 14.7. The molecule has 24 heavy (non-hydrogen) atoms. The van der Waals surface area contributed by atoms with E-state index in [1.807, 2.05) is 18.2 Å². The summed E-state index contributed by atoms with van der Waals surface area (Å²) in [6.45, 7) is 13.0. The van der Waals surface area contributed by atoms with Crippen LogP contribution in [0.2, 0.25) is 0 Å². The summed E-state index contributed by atoms with van der Waals surface area (Å²) >= 11 is 0. The number of piperidine rings is 1. The molecule has 1 heterocycles. The van der Waals surface area contributed by atoms with Crippen LogP contribution in [0.4, 0.5) is 5.69 Å². The molecule has 3 N–H and O–H groups in total. The fraction of sp³-hybridized carbons (Fsp3) is 0.632. The summed E-state index contributed by atoms with van der Waals surface area (Å²) in [6, 6.07) is 8.26. The molecular formula is C19H32ClN3O. The average molecular weight is 354 g/mol. The Morgan fingerprint density at radius 3 is 2.54 bits per heavy atom. The second kappa shape index (κ2) is 7.85. The topological polar surface area (TPSA) is 58.4 Å². The number of amides is 1. The molecule has 4 nitrogen and oxygen atoms in total. The number of rotatable bonds is 3. The lowest BCUT2D eigenvalue weighted by Gasteiger charge is -2.42. The first-order valence-corrected chi connectivity index (χ1v) is 8.47. The van der Waals surface area contributed by atoms with Crippen LogP contribution in [0.3, 0.4) is 0 Å². The van der Waals surface area contributed by atoms with Crippen LogP contribution in [-0.4, -0.2) is 36.5 Å². The van der Waals surface area contributed by atoms with E-state index in [0.717, 1.165) is 30.8 Å². The Kier molecular flexibility index (Phi) is 6.85. The Morgan fingerprint density at radius 1 is 1.33 bits per heavy atom. The molecule has 1 fully saturated rings. The number of carbonyl (C=O) groups excluding carboxylic acids is 1. The molecule has 1 amide bonds. The molecular weight excluding hydrogens is 322 g/mol. The Hall–Kier alpha value is -1.10. The van der Waals surface area contributed by atoms with E-state index in [1.165, 1.54) is 0 Å². The highest BCUT2D eigenvalue weighted by molar-refractivity contribution is 5.93. The molecule has 1 aliphatic rings. The van der Waals surface area contributed by atoms with E-state index in [2.05, 4.69) is 50.9 Å². The van der Waals surface area contributed by atoms with Crippen LogP contribution in [0.1, 0.15) is 46.6 Å². The van der Waals surface area contributed by atoms with E-state index in [0.29, 0.717) is 6.54 Å². The van der Waals surface area contributed by atoms with Crippen molar-refractivity contribution in [3.63, 3.8) is 0 Å². The minimum absolute atomic E-state index is 0. The van der Waals surface area contributed by atoms with Crippen LogP contribution in [-0.2, 0) is 10.2 Å². The van der Waals surface area contributed by atoms with Crippen molar-refractivity contribution in [2.75, 3.05) is 25.0 Å². The van der Waals surface area contributed by atoms with Crippen molar-refractivity contribution in [1.82, 2.24) is 4.90 Å². The first-order valence-electron chi connectivity index (χ1n) is 8.47. The highest BCUT2D eigenvalue weighted by Crippen LogP contribution is 2.30. The lowest BCUT2D eigenvalue weighted by Crippen LogP contribution is -2.53. The molecule has 1 aliphatic heterocycles. The van der Waals surface area contributed by atoms with E-state index in [9.17, 15) is 4.79 Å². The average Bonchev–Trinajstić information content (AvgIpc) is 2.42. The smallest absolute Gasteiger partial charge is 0.238 e. The molecule has 0 saturated carbocycles. The summed E-state index contributed by atoms with van der Waals surface area (Å²) in [5.74, 6) is 0.0490. The number of benzene rings is 1. The Labute approximate surface area is 152 Å². The standard InChI is InChI=1S/C19H31N3O.ClH/c1-18(2,3)14-8-6-7-9-15(14)21-17(23)12-22-11-10-16(20)19(4,5)13-22;/h6-9,16H,10-13,20H2,1-5H3,(H,21,23);1H. The van der Waals surface area contributed by atoms with Crippen molar-refractivity contribution in [2.24, 2.45) is 11.1 Å². The molecule has 0 aliphatic carbocycles. The molecule has 0 aromatic heterocycles. The Morgan fingerprint density at radius 2 is 1.96 bits per heavy atom. The van der Waals surface area contributed by atoms with Crippen molar-refractivity contribution in [3.05, 3.63) is 29.8 Å². The third-order valence-corrected chi connectivity index (χ3v) is 4.77. The minimum Gasteiger partial charge on any atom is -0.327 e. The van der Waals surface area contributed by atoms with Crippen molar-refractivity contribution in [1.29, 1.82) is 0 Å². The number of likely N-dealkylation sites (tertiary alicyclic amines) is 1. The first kappa shape index (κ1) is 20.9. The first-order chi connectivity index (χ1) is 10.6. The molecule has 1 saturated heterocycles. The zero-order valence-corrected chi connectivity index (χ0v) is 16.4. The SMILES string of the molecule is CC(C)(C)c1ccccc1NC(=O)CN1CCC(N)C(C)(C)C1.Cl. The molecule has 0 radical (unpaired) electrons. The van der Waals surface area contributed by atoms with Crippen LogP contribution in [0.5, 0.6) is 0 Å². The van der Waals surface area contributed by atoms with Gasteiger partial charge >= 0.3 is 0 Å². The van der Waals surface area contributed by atoms with Gasteiger partial charge in [-0.3, -0.25) is 9.69 Å². The molecule has 1 atom stereocenters. The van der Waals surface area contributed by atoms with Crippen LogP contribution in [0.25, 0.3) is 0 Å². The molecule has 0 bridgehead atoms. The number of halogens is 1. The third-order valence-electron chi connectivity index (χ3n) is 4.77. The predicted molar refractivity (Wildman–Crippen MR) is 104 cm³/mol. The van der Waals surface area contributed by atoms with Gasteiger partial charge in [-0.1, -0.05) is 52.8 Å². The minimum atomic E-state index is 0. The lowest BCUT2D eigenvalue weighted by atomic mass is 9.80. The largest absolute Gasteiger partial charge is 0.327 e. The van der Waals surface area contributed by atoms with Crippen LogP contribution < -0.4 is 11.1 Å². The molecule has 0 spiro atoms. The summed E-state index contributed by atoms with van der Waals surface area (Å²) in [5, 5.41) is 3.09. The third kappa shape index (κ3) is 5.20. The number of para-hydroxylation sites is 1. The van der Waals surface area contributed by atoms with Gasteiger partial charge in [-0.15, -0.1) is 12.4 Å². The van der Waals surface area contributed by atoms with Crippen LogP contribution >= 0.6 is 12.4 Å². The van der Waals surface area contributed by atoms with E-state index in [-0.39, 0.29) is 35.2 Å². The van der Waals surface area contributed by atoms with Gasteiger partial charge in [-0.2, -0.15) is 0 Å². The van der Waals surface area contributed by atoms with Crippen molar-refractivity contribution < 1.29 is 4.79 Å². The van der Waals surface area contributed by atoms with E-state index >= 15 is 0 Å². The number of carbonyl (C=O) groups is 1. The van der Waals surface area contributed by atoms with Crippen molar-refractivity contribution in [2.45, 2.75) is 52.5 Å². The quantitative estimate of drug-likeness (QED) is 0.875. The second-order valence-electron chi connectivity index (χ2n) is 8.44. The normalized spacial score (nSPS) is 21.0. The lowest BCUT2D eigenvalue weighted by molar-refractivity contribution is -0.118. The summed E-state index contributed by atoms with van der Waals surface area (Å²) in [6.07, 6.45) is 0.943. The number of nitrogens with one attached hydrogen (secondary N) is 1. The molecule has 1 aromatic carbocycles. The zero-order chi connectivity index (χ0) is 17.3. The molecule has 2 rings (SSSR count). The van der Waals surface area contributed by atoms with Gasteiger partial charge in [-0.25, -0.2) is 0 Å².